The van der Waals surface area contributed by atoms with Gasteiger partial charge in [-0.3, -0.25) is 0 Å². The molecule has 0 N–H and O–H groups in total. The van der Waals surface area contributed by atoms with Gasteiger partial charge in [-0.05, 0) is 12.8 Å². The average molecular weight is 612 g/mol. The molecule has 0 heterocycles. The molecule has 0 saturated heterocycles. The second-order valence-electron chi connectivity index (χ2n) is 9.43. The predicted molar refractivity (Wildman–Crippen MR) is 146 cm³/mol. The molecule has 0 aromatic heterocycles. The molecule has 0 bridgehead atoms. The van der Waals surface area contributed by atoms with Crippen LogP contribution >= 0.6 is 0 Å². The van der Waals surface area contributed by atoms with Crippen molar-refractivity contribution in [2.45, 2.75) is 155 Å². The Hall–Kier alpha value is 0.471. The predicted octanol–water partition coefficient (Wildman–Crippen LogP) is 8.74. The standard InChI is InChI=1S/C28H54O5.Ba.2H2/c1-3-5-7-9-11-12-13-14-15-16-17-18-19-20-22-24-27(29)32-33-28(30)26-31-25-23-21-10-8-6-4-2;;;/h3-26H2,1-2H3;;2*1H. The van der Waals surface area contributed by atoms with E-state index in [9.17, 15) is 9.59 Å². The van der Waals surface area contributed by atoms with Gasteiger partial charge in [0, 0.05) is 58.3 Å². The summed E-state index contributed by atoms with van der Waals surface area (Å²) in [5.41, 5.74) is 0. The minimum Gasteiger partial charge on any atom is -0.370 e. The van der Waals surface area contributed by atoms with E-state index in [2.05, 4.69) is 23.6 Å². The zero-order valence-corrected chi connectivity index (χ0v) is 27.2. The van der Waals surface area contributed by atoms with Crippen LogP contribution in [0, 0.1) is 0 Å². The average Bonchev–Trinajstić information content (AvgIpc) is 2.82. The van der Waals surface area contributed by atoms with Gasteiger partial charge in [0.2, 0.25) is 0 Å². The number of hydrogen-bond acceptors (Lipinski definition) is 5. The van der Waals surface area contributed by atoms with Crippen LogP contribution in [0.5, 0.6) is 0 Å². The first-order valence-corrected chi connectivity index (χ1v) is 14.2. The quantitative estimate of drug-likeness (QED) is 0.0447. The summed E-state index contributed by atoms with van der Waals surface area (Å²) >= 11 is 0. The van der Waals surface area contributed by atoms with Crippen molar-refractivity contribution in [3.05, 3.63) is 0 Å². The Morgan fingerprint density at radius 2 is 0.853 bits per heavy atom. The van der Waals surface area contributed by atoms with Gasteiger partial charge in [-0.2, -0.15) is 0 Å². The van der Waals surface area contributed by atoms with Crippen LogP contribution < -0.4 is 0 Å². The third-order valence-electron chi connectivity index (χ3n) is 6.07. The molecule has 2 radical (unpaired) electrons. The van der Waals surface area contributed by atoms with Gasteiger partial charge in [-0.15, -0.1) is 0 Å². The van der Waals surface area contributed by atoms with E-state index in [4.69, 9.17) is 4.74 Å². The van der Waals surface area contributed by atoms with E-state index in [1.54, 1.807) is 0 Å². The number of carbonyl (C=O) groups is 2. The van der Waals surface area contributed by atoms with Crippen LogP contribution in [0.25, 0.3) is 0 Å². The first-order chi connectivity index (χ1) is 16.2. The van der Waals surface area contributed by atoms with Crippen molar-refractivity contribution >= 4 is 60.8 Å². The van der Waals surface area contributed by atoms with Crippen LogP contribution in [0.15, 0.2) is 0 Å². The molecule has 0 amide bonds. The third-order valence-corrected chi connectivity index (χ3v) is 6.07. The monoisotopic (exact) mass is 612 g/mol. The van der Waals surface area contributed by atoms with E-state index in [-0.39, 0.29) is 58.3 Å². The first kappa shape index (κ1) is 36.6. The maximum absolute atomic E-state index is 11.6. The second kappa shape index (κ2) is 31.5. The Morgan fingerprint density at radius 1 is 0.500 bits per heavy atom. The Labute approximate surface area is 254 Å². The molecule has 0 aliphatic carbocycles. The largest absolute Gasteiger partial charge is 0.380 e. The molecule has 0 saturated carbocycles. The van der Waals surface area contributed by atoms with E-state index in [0.29, 0.717) is 13.0 Å². The van der Waals surface area contributed by atoms with E-state index in [1.165, 1.54) is 103 Å². The summed E-state index contributed by atoms with van der Waals surface area (Å²) in [4.78, 5) is 32.3. The third kappa shape index (κ3) is 30.5. The van der Waals surface area contributed by atoms with Crippen molar-refractivity contribution < 1.29 is 27.0 Å². The molecule has 0 aromatic carbocycles. The van der Waals surface area contributed by atoms with E-state index >= 15 is 0 Å². The summed E-state index contributed by atoms with van der Waals surface area (Å²) in [5, 5.41) is 0. The van der Waals surface area contributed by atoms with Crippen molar-refractivity contribution in [2.75, 3.05) is 13.2 Å². The van der Waals surface area contributed by atoms with Crippen LogP contribution in [0.3, 0.4) is 0 Å². The molecule has 0 unspecified atom stereocenters. The Bertz CT molecular complexity index is 442. The first-order valence-electron chi connectivity index (χ1n) is 14.2. The Morgan fingerprint density at radius 3 is 1.29 bits per heavy atom. The molecule has 0 rings (SSSR count). The summed E-state index contributed by atoms with van der Waals surface area (Å²) in [6.45, 7) is 4.83. The van der Waals surface area contributed by atoms with Crippen LogP contribution in [0.1, 0.15) is 158 Å². The molecule has 0 aromatic rings. The fraction of sp³-hybridized carbons (Fsp3) is 0.929. The number of unbranched alkanes of at least 4 members (excludes halogenated alkanes) is 19. The SMILES string of the molecule is CCCCCCCCCCCCCCCCCC(=O)OOC(=O)COCCCCCCCC.[Ba].[HH].[HH]. The molecule has 0 atom stereocenters. The summed E-state index contributed by atoms with van der Waals surface area (Å²) in [5.74, 6) is -1.13. The Kier molecular flexibility index (Phi) is 33.9. The smallest absolute Gasteiger partial charge is 0.370 e. The van der Waals surface area contributed by atoms with E-state index in [1.807, 2.05) is 0 Å². The molecule has 0 spiro atoms. The number of rotatable bonds is 25. The minimum absolute atomic E-state index is 0. The molecule has 6 heteroatoms. The van der Waals surface area contributed by atoms with Gasteiger partial charge in [-0.25, -0.2) is 19.4 Å². The fourth-order valence-corrected chi connectivity index (χ4v) is 3.94. The number of carbonyl (C=O) groups excluding carboxylic acids is 2. The summed E-state index contributed by atoms with van der Waals surface area (Å²) in [7, 11) is 0. The number of ether oxygens (including phenoxy) is 1. The van der Waals surface area contributed by atoms with Gasteiger partial charge in [0.25, 0.3) is 0 Å². The Balaban J connectivity index is -0.00000171. The van der Waals surface area contributed by atoms with Gasteiger partial charge in [0.15, 0.2) is 0 Å². The van der Waals surface area contributed by atoms with Crippen molar-refractivity contribution in [2.24, 2.45) is 0 Å². The van der Waals surface area contributed by atoms with E-state index < -0.39 is 11.9 Å². The fourth-order valence-electron chi connectivity index (χ4n) is 3.94. The summed E-state index contributed by atoms with van der Waals surface area (Å²) < 4.78 is 5.26. The van der Waals surface area contributed by atoms with Crippen molar-refractivity contribution in [3.8, 4) is 0 Å². The zero-order chi connectivity index (χ0) is 24.2. The van der Waals surface area contributed by atoms with Gasteiger partial charge in [0.1, 0.15) is 6.61 Å². The molecule has 34 heavy (non-hydrogen) atoms. The zero-order valence-electron chi connectivity index (χ0n) is 22.7. The molecular formula is C28H58BaO5. The van der Waals surface area contributed by atoms with Crippen LogP contribution in [0.2, 0.25) is 0 Å². The van der Waals surface area contributed by atoms with Crippen LogP contribution in [0.4, 0.5) is 0 Å². The van der Waals surface area contributed by atoms with Crippen LogP contribution in [-0.2, 0) is 24.1 Å². The molecule has 0 aliphatic rings. The molecule has 0 aliphatic heterocycles. The maximum Gasteiger partial charge on any atom is 0.380 e. The van der Waals surface area contributed by atoms with Gasteiger partial charge in [-0.1, -0.05) is 136 Å². The summed E-state index contributed by atoms with van der Waals surface area (Å²) in [6.07, 6.45) is 26.6. The maximum atomic E-state index is 11.6. The summed E-state index contributed by atoms with van der Waals surface area (Å²) in [6, 6.07) is 0. The normalized spacial score (nSPS) is 10.6. The van der Waals surface area contributed by atoms with Gasteiger partial charge in [0.05, 0.1) is 6.42 Å². The second-order valence-corrected chi connectivity index (χ2v) is 9.43. The van der Waals surface area contributed by atoms with Gasteiger partial charge >= 0.3 is 11.9 Å². The minimum atomic E-state index is -0.647. The molecule has 0 fully saturated rings. The topological polar surface area (TPSA) is 61.8 Å². The molecule has 202 valence electrons. The van der Waals surface area contributed by atoms with Crippen molar-refractivity contribution in [3.63, 3.8) is 0 Å². The van der Waals surface area contributed by atoms with Crippen molar-refractivity contribution in [1.82, 2.24) is 0 Å². The number of hydrogen-bond donors (Lipinski definition) is 0. The van der Waals surface area contributed by atoms with Gasteiger partial charge < -0.3 is 4.74 Å². The van der Waals surface area contributed by atoms with Crippen molar-refractivity contribution in [1.29, 1.82) is 0 Å². The van der Waals surface area contributed by atoms with Crippen LogP contribution in [-0.4, -0.2) is 74.0 Å². The molecule has 5 nitrogen and oxygen atoms in total. The van der Waals surface area contributed by atoms with E-state index in [0.717, 1.165) is 32.1 Å². The molecular weight excluding hydrogens is 554 g/mol.